The van der Waals surface area contributed by atoms with Crippen molar-refractivity contribution in [2.75, 3.05) is 32.1 Å². The van der Waals surface area contributed by atoms with Gasteiger partial charge in [-0.15, -0.1) is 0 Å². The Balaban J connectivity index is 2.08. The molecule has 1 aromatic rings. The number of aryl methyl sites for hydroxylation is 1. The quantitative estimate of drug-likeness (QED) is 0.881. The van der Waals surface area contributed by atoms with Gasteiger partial charge in [0, 0.05) is 26.2 Å². The molecule has 0 aliphatic carbocycles. The first kappa shape index (κ1) is 13.5. The summed E-state index contributed by atoms with van der Waals surface area (Å²) in [5.41, 5.74) is 1.16. The van der Waals surface area contributed by atoms with Crippen LogP contribution in [0.3, 0.4) is 0 Å². The van der Waals surface area contributed by atoms with Crippen molar-refractivity contribution in [2.45, 2.75) is 18.2 Å². The number of rotatable bonds is 4. The number of hydrogen-bond donors (Lipinski definition) is 1. The average molecular weight is 268 g/mol. The summed E-state index contributed by atoms with van der Waals surface area (Å²) in [6.07, 6.45) is 0.929. The second-order valence-corrected chi connectivity index (χ2v) is 6.57. The first-order chi connectivity index (χ1) is 8.62. The number of hydrogen-bond acceptors (Lipinski definition) is 4. The molecule has 1 aromatic carbocycles. The fourth-order valence-corrected chi connectivity index (χ4v) is 3.53. The van der Waals surface area contributed by atoms with E-state index < -0.39 is 9.84 Å². The van der Waals surface area contributed by atoms with E-state index in [1.807, 2.05) is 17.0 Å². The summed E-state index contributed by atoms with van der Waals surface area (Å²) in [4.78, 5) is 2.41. The van der Waals surface area contributed by atoms with Crippen LogP contribution in [0.5, 0.6) is 0 Å². The largest absolute Gasteiger partial charge is 0.314 e. The molecule has 2 rings (SSSR count). The Bertz CT molecular complexity index is 476. The summed E-state index contributed by atoms with van der Waals surface area (Å²) in [7, 11) is -3.19. The molecule has 1 fully saturated rings. The zero-order chi connectivity index (χ0) is 13.0. The number of nitrogens with one attached hydrogen (secondary N) is 1. The molecule has 0 radical (unpaired) electrons. The number of nitrogens with zero attached hydrogens (tertiary/aromatic N) is 1. The van der Waals surface area contributed by atoms with Crippen molar-refractivity contribution in [1.29, 1.82) is 0 Å². The van der Waals surface area contributed by atoms with Gasteiger partial charge in [0.15, 0.2) is 9.84 Å². The Kier molecular flexibility index (Phi) is 4.37. The second kappa shape index (κ2) is 5.82. The molecule has 1 heterocycles. The van der Waals surface area contributed by atoms with Gasteiger partial charge in [-0.1, -0.05) is 19.1 Å². The van der Waals surface area contributed by atoms with Gasteiger partial charge < -0.3 is 5.32 Å². The number of sulfone groups is 1. The van der Waals surface area contributed by atoms with Crippen LogP contribution in [-0.4, -0.2) is 45.4 Å². The molecule has 0 bridgehead atoms. The molecule has 1 saturated heterocycles. The maximum Gasteiger partial charge on any atom is 0.191 e. The number of piperazine rings is 1. The Morgan fingerprint density at radius 2 is 1.78 bits per heavy atom. The standard InChI is InChI=1S/C13H20N2O2S/c1-2-12-3-5-13(6-4-12)18(16,17)11-15-9-7-14-8-10-15/h3-6,14H,2,7-11H2,1H3. The molecular weight excluding hydrogens is 248 g/mol. The lowest BCUT2D eigenvalue weighted by Crippen LogP contribution is -2.45. The Labute approximate surface area is 109 Å². The fraction of sp³-hybridized carbons (Fsp3) is 0.538. The van der Waals surface area contributed by atoms with Crippen molar-refractivity contribution in [3.63, 3.8) is 0 Å². The van der Waals surface area contributed by atoms with Gasteiger partial charge in [0.25, 0.3) is 0 Å². The maximum atomic E-state index is 12.2. The average Bonchev–Trinajstić information content (AvgIpc) is 2.39. The Morgan fingerprint density at radius 3 is 2.33 bits per heavy atom. The van der Waals surface area contributed by atoms with Crippen molar-refractivity contribution >= 4 is 9.84 Å². The van der Waals surface area contributed by atoms with Crippen LogP contribution in [0.4, 0.5) is 0 Å². The van der Waals surface area contributed by atoms with E-state index in [9.17, 15) is 8.42 Å². The third-order valence-electron chi connectivity index (χ3n) is 3.25. The lowest BCUT2D eigenvalue weighted by Gasteiger charge is -2.26. The van der Waals surface area contributed by atoms with E-state index in [1.165, 1.54) is 0 Å². The van der Waals surface area contributed by atoms with E-state index >= 15 is 0 Å². The molecule has 4 nitrogen and oxygen atoms in total. The Hall–Kier alpha value is -0.910. The zero-order valence-corrected chi connectivity index (χ0v) is 11.5. The van der Waals surface area contributed by atoms with Crippen LogP contribution in [0.25, 0.3) is 0 Å². The highest BCUT2D eigenvalue weighted by atomic mass is 32.2. The second-order valence-electron chi connectivity index (χ2n) is 4.61. The van der Waals surface area contributed by atoms with Crippen molar-refractivity contribution in [2.24, 2.45) is 0 Å². The summed E-state index contributed by atoms with van der Waals surface area (Å²) in [6.45, 7) is 5.39. The molecule has 0 saturated carbocycles. The van der Waals surface area contributed by atoms with E-state index in [4.69, 9.17) is 0 Å². The van der Waals surface area contributed by atoms with E-state index in [0.717, 1.165) is 38.2 Å². The SMILES string of the molecule is CCc1ccc(S(=O)(=O)CN2CCNCC2)cc1. The molecule has 0 amide bonds. The lowest BCUT2D eigenvalue weighted by molar-refractivity contribution is 0.274. The van der Waals surface area contributed by atoms with Gasteiger partial charge in [-0.05, 0) is 24.1 Å². The first-order valence-electron chi connectivity index (χ1n) is 6.36. The predicted molar refractivity (Wildman–Crippen MR) is 72.3 cm³/mol. The summed E-state index contributed by atoms with van der Waals surface area (Å²) < 4.78 is 24.5. The number of benzene rings is 1. The first-order valence-corrected chi connectivity index (χ1v) is 8.02. The molecule has 0 atom stereocenters. The zero-order valence-electron chi connectivity index (χ0n) is 10.7. The van der Waals surface area contributed by atoms with Gasteiger partial charge in [-0.3, -0.25) is 4.90 Å². The lowest BCUT2D eigenvalue weighted by atomic mass is 10.2. The molecule has 18 heavy (non-hydrogen) atoms. The van der Waals surface area contributed by atoms with E-state index in [1.54, 1.807) is 12.1 Å². The highest BCUT2D eigenvalue weighted by molar-refractivity contribution is 7.91. The summed E-state index contributed by atoms with van der Waals surface area (Å²) in [5.74, 6) is 0.125. The van der Waals surface area contributed by atoms with E-state index in [-0.39, 0.29) is 5.88 Å². The van der Waals surface area contributed by atoms with Crippen molar-refractivity contribution in [3.05, 3.63) is 29.8 Å². The molecule has 1 aliphatic rings. The normalized spacial score (nSPS) is 17.8. The van der Waals surface area contributed by atoms with Gasteiger partial charge in [0.1, 0.15) is 5.88 Å². The van der Waals surface area contributed by atoms with Gasteiger partial charge in [-0.25, -0.2) is 8.42 Å². The minimum absolute atomic E-state index is 0.125. The minimum Gasteiger partial charge on any atom is -0.314 e. The summed E-state index contributed by atoms with van der Waals surface area (Å²) in [5, 5.41) is 3.22. The van der Waals surface area contributed by atoms with Crippen LogP contribution < -0.4 is 5.32 Å². The summed E-state index contributed by atoms with van der Waals surface area (Å²) >= 11 is 0. The molecular formula is C13H20N2O2S. The van der Waals surface area contributed by atoms with Crippen LogP contribution in [0.2, 0.25) is 0 Å². The van der Waals surface area contributed by atoms with Gasteiger partial charge in [-0.2, -0.15) is 0 Å². The third-order valence-corrected chi connectivity index (χ3v) is 4.95. The highest BCUT2D eigenvalue weighted by Gasteiger charge is 2.20. The molecule has 100 valence electrons. The highest BCUT2D eigenvalue weighted by Crippen LogP contribution is 2.14. The van der Waals surface area contributed by atoms with E-state index in [2.05, 4.69) is 12.2 Å². The molecule has 0 unspecified atom stereocenters. The van der Waals surface area contributed by atoms with Crippen LogP contribution in [0.15, 0.2) is 29.2 Å². The third kappa shape index (κ3) is 3.31. The topological polar surface area (TPSA) is 49.4 Å². The molecule has 1 N–H and O–H groups in total. The fourth-order valence-electron chi connectivity index (χ4n) is 2.09. The monoisotopic (exact) mass is 268 g/mol. The van der Waals surface area contributed by atoms with Crippen molar-refractivity contribution < 1.29 is 8.42 Å². The smallest absolute Gasteiger partial charge is 0.191 e. The van der Waals surface area contributed by atoms with Crippen molar-refractivity contribution in [1.82, 2.24) is 10.2 Å². The van der Waals surface area contributed by atoms with Gasteiger partial charge in [0.05, 0.1) is 4.90 Å². The maximum absolute atomic E-state index is 12.2. The van der Waals surface area contributed by atoms with Crippen LogP contribution in [-0.2, 0) is 16.3 Å². The van der Waals surface area contributed by atoms with Crippen molar-refractivity contribution in [3.8, 4) is 0 Å². The predicted octanol–water partition coefficient (Wildman–Crippen LogP) is 0.885. The molecule has 1 aliphatic heterocycles. The molecule has 5 heteroatoms. The molecule has 0 spiro atoms. The van der Waals surface area contributed by atoms with Crippen LogP contribution in [0.1, 0.15) is 12.5 Å². The van der Waals surface area contributed by atoms with E-state index in [0.29, 0.717) is 4.90 Å². The molecule has 0 aromatic heterocycles. The van der Waals surface area contributed by atoms with Gasteiger partial charge >= 0.3 is 0 Å². The van der Waals surface area contributed by atoms with Crippen LogP contribution in [0, 0.1) is 0 Å². The van der Waals surface area contributed by atoms with Crippen LogP contribution >= 0.6 is 0 Å². The Morgan fingerprint density at radius 1 is 1.17 bits per heavy atom. The minimum atomic E-state index is -3.19. The van der Waals surface area contributed by atoms with Gasteiger partial charge in [0.2, 0.25) is 0 Å². The summed E-state index contributed by atoms with van der Waals surface area (Å²) in [6, 6.07) is 7.22.